The van der Waals surface area contributed by atoms with Crippen LogP contribution in [0.3, 0.4) is 0 Å². The zero-order chi connectivity index (χ0) is 12.5. The fourth-order valence-electron chi connectivity index (χ4n) is 2.27. The molecule has 18 heavy (non-hydrogen) atoms. The first kappa shape index (κ1) is 10.7. The zero-order valence-electron chi connectivity index (χ0n) is 9.93. The van der Waals surface area contributed by atoms with E-state index in [4.69, 9.17) is 11.5 Å². The molecule has 3 rings (SSSR count). The first-order valence-electron chi connectivity index (χ1n) is 5.89. The average molecular weight is 234 g/mol. The van der Waals surface area contributed by atoms with Crippen molar-refractivity contribution >= 4 is 22.1 Å². The summed E-state index contributed by atoms with van der Waals surface area (Å²) >= 11 is 0. The highest BCUT2D eigenvalue weighted by molar-refractivity contribution is 5.99. The Balaban J connectivity index is 2.35. The maximum atomic E-state index is 6.06. The van der Waals surface area contributed by atoms with Gasteiger partial charge in [0.05, 0.1) is 0 Å². The molecule has 0 bridgehead atoms. The minimum absolute atomic E-state index is 0.729. The zero-order valence-corrected chi connectivity index (χ0v) is 9.93. The van der Waals surface area contributed by atoms with E-state index in [1.54, 1.807) is 0 Å². The van der Waals surface area contributed by atoms with Crippen LogP contribution in [-0.2, 0) is 0 Å². The molecule has 4 N–H and O–H groups in total. The Hall–Kier alpha value is -2.48. The molecule has 0 radical (unpaired) electrons. The van der Waals surface area contributed by atoms with Crippen LogP contribution in [0.5, 0.6) is 0 Å². The van der Waals surface area contributed by atoms with Crippen LogP contribution in [0, 0.1) is 0 Å². The van der Waals surface area contributed by atoms with Crippen molar-refractivity contribution in [2.45, 2.75) is 0 Å². The van der Waals surface area contributed by atoms with Gasteiger partial charge in [0.2, 0.25) is 0 Å². The van der Waals surface area contributed by atoms with Gasteiger partial charge >= 0.3 is 0 Å². The Morgan fingerprint density at radius 3 is 2.33 bits per heavy atom. The van der Waals surface area contributed by atoms with E-state index in [2.05, 4.69) is 24.3 Å². The van der Waals surface area contributed by atoms with Gasteiger partial charge in [-0.3, -0.25) is 0 Å². The number of nitrogen functional groups attached to an aromatic ring is 2. The number of benzene rings is 3. The van der Waals surface area contributed by atoms with Crippen LogP contribution in [0.1, 0.15) is 0 Å². The fourth-order valence-corrected chi connectivity index (χ4v) is 2.27. The number of fused-ring (bicyclic) bond motifs is 1. The van der Waals surface area contributed by atoms with Crippen LogP contribution in [-0.4, -0.2) is 0 Å². The lowest BCUT2D eigenvalue weighted by atomic mass is 9.97. The van der Waals surface area contributed by atoms with E-state index < -0.39 is 0 Å². The van der Waals surface area contributed by atoms with E-state index in [0.29, 0.717) is 0 Å². The molecule has 0 amide bonds. The minimum Gasteiger partial charge on any atom is -0.399 e. The Kier molecular flexibility index (Phi) is 2.41. The fraction of sp³-hybridized carbons (Fsp3) is 0. The van der Waals surface area contributed by atoms with Crippen molar-refractivity contribution in [3.63, 3.8) is 0 Å². The van der Waals surface area contributed by atoms with Gasteiger partial charge in [-0.05, 0) is 34.5 Å². The predicted molar refractivity (Wildman–Crippen MR) is 78.2 cm³/mol. The summed E-state index contributed by atoms with van der Waals surface area (Å²) in [5, 5.41) is 2.40. The van der Waals surface area contributed by atoms with Gasteiger partial charge in [0, 0.05) is 16.9 Å². The van der Waals surface area contributed by atoms with E-state index in [1.807, 2.05) is 36.4 Å². The quantitative estimate of drug-likeness (QED) is 0.631. The van der Waals surface area contributed by atoms with Gasteiger partial charge in [0.15, 0.2) is 0 Å². The normalized spacial score (nSPS) is 10.7. The van der Waals surface area contributed by atoms with Gasteiger partial charge < -0.3 is 11.5 Å². The predicted octanol–water partition coefficient (Wildman–Crippen LogP) is 3.67. The molecule has 3 aromatic rings. The Morgan fingerprint density at radius 1 is 0.667 bits per heavy atom. The summed E-state index contributed by atoms with van der Waals surface area (Å²) in [6.45, 7) is 0. The van der Waals surface area contributed by atoms with Crippen molar-refractivity contribution < 1.29 is 0 Å². The van der Waals surface area contributed by atoms with Crippen LogP contribution < -0.4 is 11.5 Å². The summed E-state index contributed by atoms with van der Waals surface area (Å²) in [6, 6.07) is 20.1. The minimum atomic E-state index is 0.729. The molecule has 0 fully saturated rings. The third-order valence-corrected chi connectivity index (χ3v) is 3.16. The second-order valence-corrected chi connectivity index (χ2v) is 4.37. The van der Waals surface area contributed by atoms with Crippen LogP contribution in [0.2, 0.25) is 0 Å². The second kappa shape index (κ2) is 4.08. The highest BCUT2D eigenvalue weighted by atomic mass is 14.6. The Bertz CT molecular complexity index is 712. The summed E-state index contributed by atoms with van der Waals surface area (Å²) in [7, 11) is 0. The molecule has 0 aliphatic heterocycles. The van der Waals surface area contributed by atoms with Gasteiger partial charge in [-0.2, -0.15) is 0 Å². The third-order valence-electron chi connectivity index (χ3n) is 3.16. The molecule has 0 atom stereocenters. The van der Waals surface area contributed by atoms with Gasteiger partial charge in [0.1, 0.15) is 0 Å². The number of hydrogen-bond donors (Lipinski definition) is 2. The molecule has 88 valence electrons. The highest BCUT2D eigenvalue weighted by Gasteiger charge is 2.06. The standard InChI is InChI=1S/C16H14N2/c17-12-8-9-16(18)15(10-12)14-7-3-5-11-4-1-2-6-13(11)14/h1-10H,17-18H2. The molecule has 0 aliphatic rings. The molecular weight excluding hydrogens is 220 g/mol. The van der Waals surface area contributed by atoms with Gasteiger partial charge in [-0.1, -0.05) is 42.5 Å². The van der Waals surface area contributed by atoms with Gasteiger partial charge in [0.25, 0.3) is 0 Å². The van der Waals surface area contributed by atoms with Gasteiger partial charge in [-0.25, -0.2) is 0 Å². The SMILES string of the molecule is Nc1ccc(N)c(-c2cccc3ccccc23)c1. The number of anilines is 2. The molecule has 0 spiro atoms. The lowest BCUT2D eigenvalue weighted by Crippen LogP contribution is -1.93. The number of nitrogens with two attached hydrogens (primary N) is 2. The smallest absolute Gasteiger partial charge is 0.0395 e. The molecule has 0 unspecified atom stereocenters. The summed E-state index contributed by atoms with van der Waals surface area (Å²) in [4.78, 5) is 0. The van der Waals surface area contributed by atoms with Crippen molar-refractivity contribution in [3.05, 3.63) is 60.7 Å². The van der Waals surface area contributed by atoms with Crippen molar-refractivity contribution in [2.75, 3.05) is 11.5 Å². The molecule has 2 heteroatoms. The first-order chi connectivity index (χ1) is 8.75. The summed E-state index contributed by atoms with van der Waals surface area (Å²) in [5.41, 5.74) is 15.5. The highest BCUT2D eigenvalue weighted by Crippen LogP contribution is 2.33. The van der Waals surface area contributed by atoms with Crippen LogP contribution >= 0.6 is 0 Å². The average Bonchev–Trinajstić information content (AvgIpc) is 2.41. The van der Waals surface area contributed by atoms with Crippen molar-refractivity contribution in [1.82, 2.24) is 0 Å². The van der Waals surface area contributed by atoms with Crippen molar-refractivity contribution in [2.24, 2.45) is 0 Å². The van der Waals surface area contributed by atoms with Crippen LogP contribution in [0.15, 0.2) is 60.7 Å². The number of hydrogen-bond acceptors (Lipinski definition) is 2. The number of rotatable bonds is 1. The van der Waals surface area contributed by atoms with E-state index in [1.165, 1.54) is 10.8 Å². The van der Waals surface area contributed by atoms with Gasteiger partial charge in [-0.15, -0.1) is 0 Å². The lowest BCUT2D eigenvalue weighted by molar-refractivity contribution is 1.63. The molecule has 0 saturated heterocycles. The van der Waals surface area contributed by atoms with Crippen molar-refractivity contribution in [3.8, 4) is 11.1 Å². The third kappa shape index (κ3) is 1.68. The second-order valence-electron chi connectivity index (χ2n) is 4.37. The van der Waals surface area contributed by atoms with Crippen LogP contribution in [0.4, 0.5) is 11.4 Å². The molecule has 3 aromatic carbocycles. The monoisotopic (exact) mass is 234 g/mol. The van der Waals surface area contributed by atoms with E-state index in [-0.39, 0.29) is 0 Å². The maximum Gasteiger partial charge on any atom is 0.0395 e. The maximum absolute atomic E-state index is 6.06. The topological polar surface area (TPSA) is 52.0 Å². The molecular formula is C16H14N2. The van der Waals surface area contributed by atoms with E-state index >= 15 is 0 Å². The Morgan fingerprint density at radius 2 is 1.44 bits per heavy atom. The largest absolute Gasteiger partial charge is 0.399 e. The Labute approximate surface area is 106 Å². The van der Waals surface area contributed by atoms with E-state index in [9.17, 15) is 0 Å². The van der Waals surface area contributed by atoms with Crippen molar-refractivity contribution in [1.29, 1.82) is 0 Å². The van der Waals surface area contributed by atoms with Crippen LogP contribution in [0.25, 0.3) is 21.9 Å². The molecule has 0 saturated carbocycles. The first-order valence-corrected chi connectivity index (χ1v) is 5.89. The van der Waals surface area contributed by atoms with E-state index in [0.717, 1.165) is 22.5 Å². The molecule has 0 aromatic heterocycles. The summed E-state index contributed by atoms with van der Waals surface area (Å²) in [6.07, 6.45) is 0. The summed E-state index contributed by atoms with van der Waals surface area (Å²) in [5.74, 6) is 0. The molecule has 0 aliphatic carbocycles. The lowest BCUT2D eigenvalue weighted by Gasteiger charge is -2.10. The molecule has 0 heterocycles. The summed E-state index contributed by atoms with van der Waals surface area (Å²) < 4.78 is 0. The molecule has 2 nitrogen and oxygen atoms in total.